The second kappa shape index (κ2) is 15.7. The summed E-state index contributed by atoms with van der Waals surface area (Å²) in [4.78, 5) is 11.2. The zero-order chi connectivity index (χ0) is 43.6. The van der Waals surface area contributed by atoms with Crippen LogP contribution in [0.4, 0.5) is 21.8 Å². The molecule has 2 atom stereocenters. The van der Waals surface area contributed by atoms with Crippen molar-refractivity contribution in [2.45, 2.75) is 114 Å². The van der Waals surface area contributed by atoms with Crippen molar-refractivity contribution in [2.75, 3.05) is 30.4 Å². The number of hydrogen-bond donors (Lipinski definition) is 2. The Balaban J connectivity index is 1.09. The Bertz CT molecular complexity index is 2620. The van der Waals surface area contributed by atoms with Gasteiger partial charge < -0.3 is 15.4 Å². The summed E-state index contributed by atoms with van der Waals surface area (Å²) in [6.45, 7) is 14.4. The van der Waals surface area contributed by atoms with E-state index in [-0.39, 0.29) is 44.7 Å². The molecule has 3 aromatic carbocycles. The number of aromatic nitrogens is 6. The van der Waals surface area contributed by atoms with Crippen LogP contribution in [0.1, 0.15) is 78.7 Å². The van der Waals surface area contributed by atoms with E-state index in [1.165, 1.54) is 4.68 Å². The molecule has 8 rings (SSSR count). The van der Waals surface area contributed by atoms with Crippen molar-refractivity contribution in [3.63, 3.8) is 0 Å². The molecule has 0 spiro atoms. The van der Waals surface area contributed by atoms with Gasteiger partial charge in [-0.3, -0.25) is 13.3 Å². The normalized spacial score (nSPS) is 19.4. The maximum absolute atomic E-state index is 15.2. The van der Waals surface area contributed by atoms with Crippen molar-refractivity contribution >= 4 is 37.7 Å². The van der Waals surface area contributed by atoms with Gasteiger partial charge in [0, 0.05) is 23.3 Å². The van der Waals surface area contributed by atoms with E-state index in [2.05, 4.69) is 54.9 Å². The third-order valence-corrected chi connectivity index (χ3v) is 14.9. The number of benzene rings is 3. The van der Waals surface area contributed by atoms with E-state index in [9.17, 15) is 16.8 Å². The van der Waals surface area contributed by atoms with Gasteiger partial charge in [0.25, 0.3) is 20.2 Å². The van der Waals surface area contributed by atoms with Gasteiger partial charge in [-0.1, -0.05) is 35.4 Å². The topological polar surface area (TPSA) is 193 Å². The van der Waals surface area contributed by atoms with Gasteiger partial charge in [-0.05, 0) is 138 Å². The average Bonchev–Trinajstić information content (AvgIpc) is 3.86. The van der Waals surface area contributed by atoms with Crippen LogP contribution in [-0.4, -0.2) is 89.3 Å². The van der Waals surface area contributed by atoms with E-state index in [0.717, 1.165) is 49.6 Å². The van der Waals surface area contributed by atoms with E-state index in [0.29, 0.717) is 39.7 Å². The van der Waals surface area contributed by atoms with Gasteiger partial charge >= 0.3 is 0 Å². The number of fused-ring (bicyclic) bond motifs is 4. The number of halogens is 1. The molecule has 0 amide bonds. The number of aryl methyl sites for hydroxylation is 6. The monoisotopic (exact) mass is 875 g/mol. The van der Waals surface area contributed by atoms with Crippen molar-refractivity contribution < 1.29 is 34.3 Å². The van der Waals surface area contributed by atoms with Crippen LogP contribution >= 0.6 is 0 Å². The Kier molecular flexibility index (Phi) is 10.9. The Morgan fingerprint density at radius 1 is 0.885 bits per heavy atom. The number of nitrogens with zero attached hydrogens (tertiary/aromatic N) is 7. The van der Waals surface area contributed by atoms with E-state index in [1.807, 2.05) is 13.8 Å². The summed E-state index contributed by atoms with van der Waals surface area (Å²) >= 11 is 0. The van der Waals surface area contributed by atoms with Crippen LogP contribution in [0.5, 0.6) is 5.75 Å². The third kappa shape index (κ3) is 8.20. The highest BCUT2D eigenvalue weighted by atomic mass is 32.2. The van der Waals surface area contributed by atoms with Gasteiger partial charge in [0.05, 0.1) is 16.0 Å². The van der Waals surface area contributed by atoms with Gasteiger partial charge in [-0.2, -0.15) is 26.5 Å². The molecule has 5 aromatic rings. The minimum absolute atomic E-state index is 0.0244. The van der Waals surface area contributed by atoms with E-state index in [4.69, 9.17) is 13.1 Å². The molecule has 61 heavy (non-hydrogen) atoms. The zero-order valence-corrected chi connectivity index (χ0v) is 37.0. The number of hydrogen-bond acceptors (Lipinski definition) is 15. The molecule has 0 unspecified atom stereocenters. The lowest BCUT2D eigenvalue weighted by Gasteiger charge is -2.47. The first-order valence-corrected chi connectivity index (χ1v) is 23.0. The van der Waals surface area contributed by atoms with Crippen molar-refractivity contribution in [3.05, 3.63) is 93.7 Å². The van der Waals surface area contributed by atoms with Crippen LogP contribution in [0.25, 0.3) is 5.69 Å². The summed E-state index contributed by atoms with van der Waals surface area (Å²) in [5.74, 6) is -0.279. The molecule has 3 aliphatic heterocycles. The standard InChI is InChI=1S/C42H50FN9O7S2/c1-24-14-26(3)36(27(4)15-24)60(53,54)57-22-42(23-58-61(55,56)37-28(5)16-25(2)17-29(37)6)39-48-49-50-52(39)34-19-30(11-12-35(34)59-42)46-40-44-21-33(43)38(47-40)45-31-18-32-10-9-13-51(32)41(7,8)20-31/h11-12,14-17,19,21,31-32H,9-10,13,18,20,22-23H2,1-8H3,(H2,44,45,46,47)/t31-,32+/m1/s1. The molecular weight excluding hydrogens is 826 g/mol. The number of ether oxygens (including phenoxy) is 1. The molecule has 0 bridgehead atoms. The fourth-order valence-corrected chi connectivity index (χ4v) is 12.3. The summed E-state index contributed by atoms with van der Waals surface area (Å²) in [7, 11) is -8.90. The van der Waals surface area contributed by atoms with Gasteiger partial charge in [0.1, 0.15) is 24.7 Å². The third-order valence-electron chi connectivity index (χ3n) is 11.8. The summed E-state index contributed by atoms with van der Waals surface area (Å²) in [6.07, 6.45) is 5.11. The predicted molar refractivity (Wildman–Crippen MR) is 225 cm³/mol. The summed E-state index contributed by atoms with van der Waals surface area (Å²) in [6, 6.07) is 12.2. The number of rotatable bonds is 12. The highest BCUT2D eigenvalue weighted by Gasteiger charge is 2.49. The van der Waals surface area contributed by atoms with Crippen LogP contribution in [0.2, 0.25) is 0 Å². The van der Waals surface area contributed by atoms with Gasteiger partial charge in [0.15, 0.2) is 11.6 Å². The highest BCUT2D eigenvalue weighted by molar-refractivity contribution is 7.87. The zero-order valence-electron chi connectivity index (χ0n) is 35.4. The summed E-state index contributed by atoms with van der Waals surface area (Å²) < 4.78 is 90.1. The lowest BCUT2D eigenvalue weighted by Crippen LogP contribution is -2.55. The molecule has 0 saturated carbocycles. The molecule has 5 heterocycles. The number of anilines is 3. The minimum Gasteiger partial charge on any atom is -0.472 e. The minimum atomic E-state index is -4.45. The van der Waals surface area contributed by atoms with Crippen LogP contribution in [0.3, 0.4) is 0 Å². The van der Waals surface area contributed by atoms with Crippen LogP contribution in [-0.2, 0) is 34.2 Å². The average molecular weight is 876 g/mol. The molecule has 324 valence electrons. The van der Waals surface area contributed by atoms with Crippen molar-refractivity contribution in [2.24, 2.45) is 0 Å². The SMILES string of the molecule is Cc1cc(C)c(S(=O)(=O)OCC2(COS(=O)(=O)c3c(C)cc(C)cc3C)Oc3ccc(Nc4ncc(F)c(N[C@@H]5C[C@@H]6CCCN6C(C)(C)C5)n4)cc3-n3nnnc32)c(C)c1. The lowest BCUT2D eigenvalue weighted by molar-refractivity contribution is -0.0335. The Hall–Kier alpha value is -5.08. The molecule has 0 radical (unpaired) electrons. The fraction of sp³-hybridized carbons (Fsp3) is 0.452. The molecule has 2 N–H and O–H groups in total. The number of piperidine rings is 1. The van der Waals surface area contributed by atoms with Crippen molar-refractivity contribution in [1.29, 1.82) is 0 Å². The van der Waals surface area contributed by atoms with E-state index < -0.39 is 44.9 Å². The molecule has 2 aromatic heterocycles. The molecule has 19 heteroatoms. The second-order valence-electron chi connectivity index (χ2n) is 17.2. The van der Waals surface area contributed by atoms with Gasteiger partial charge in [-0.15, -0.1) is 5.10 Å². The van der Waals surface area contributed by atoms with Crippen molar-refractivity contribution in [1.82, 2.24) is 35.1 Å². The Labute approximate surface area is 355 Å². The first-order valence-electron chi connectivity index (χ1n) is 20.1. The number of nitrogens with one attached hydrogen (secondary N) is 2. The van der Waals surface area contributed by atoms with E-state index in [1.54, 1.807) is 70.2 Å². The Morgan fingerprint density at radius 3 is 2.10 bits per heavy atom. The summed E-state index contributed by atoms with van der Waals surface area (Å²) in [5.41, 5.74) is 2.38. The molecule has 0 aliphatic carbocycles. The summed E-state index contributed by atoms with van der Waals surface area (Å²) in [5, 5.41) is 18.7. The maximum Gasteiger partial charge on any atom is 0.297 e. The molecule has 2 saturated heterocycles. The van der Waals surface area contributed by atoms with Gasteiger partial charge in [-0.25, -0.2) is 9.37 Å². The molecule has 16 nitrogen and oxygen atoms in total. The largest absolute Gasteiger partial charge is 0.472 e. The Morgan fingerprint density at radius 2 is 1.49 bits per heavy atom. The first kappa shape index (κ1) is 42.6. The maximum atomic E-state index is 15.2. The van der Waals surface area contributed by atoms with Crippen LogP contribution in [0.15, 0.2) is 58.5 Å². The van der Waals surface area contributed by atoms with Gasteiger partial charge in [0.2, 0.25) is 17.4 Å². The molecular formula is C42H50FN9O7S2. The second-order valence-corrected chi connectivity index (χ2v) is 20.3. The van der Waals surface area contributed by atoms with Crippen molar-refractivity contribution in [3.8, 4) is 11.4 Å². The molecule has 2 fully saturated rings. The van der Waals surface area contributed by atoms with E-state index >= 15 is 4.39 Å². The predicted octanol–water partition coefficient (Wildman–Crippen LogP) is 6.40. The highest BCUT2D eigenvalue weighted by Crippen LogP contribution is 2.42. The van der Waals surface area contributed by atoms with Crippen LogP contribution < -0.4 is 15.4 Å². The molecule has 3 aliphatic rings. The smallest absolute Gasteiger partial charge is 0.297 e. The fourth-order valence-electron chi connectivity index (χ4n) is 9.52. The lowest BCUT2D eigenvalue weighted by atomic mass is 9.84. The van der Waals surface area contributed by atoms with Crippen LogP contribution in [0, 0.1) is 47.4 Å². The quantitative estimate of drug-likeness (QED) is 0.131. The number of tetrazole rings is 1. The first-order chi connectivity index (χ1) is 28.7.